The van der Waals surface area contributed by atoms with Gasteiger partial charge in [0, 0.05) is 24.4 Å². The maximum Gasteiger partial charge on any atom is 0.162 e. The van der Waals surface area contributed by atoms with E-state index in [4.69, 9.17) is 18.9 Å². The van der Waals surface area contributed by atoms with Crippen LogP contribution in [0.3, 0.4) is 0 Å². The highest BCUT2D eigenvalue weighted by Gasteiger charge is 2.27. The van der Waals surface area contributed by atoms with Gasteiger partial charge in [-0.3, -0.25) is 0 Å². The molecule has 32 heavy (non-hydrogen) atoms. The lowest BCUT2D eigenvalue weighted by molar-refractivity contribution is 0.225. The predicted molar refractivity (Wildman–Crippen MR) is 124 cm³/mol. The van der Waals surface area contributed by atoms with Crippen molar-refractivity contribution in [1.82, 2.24) is 9.97 Å². The Hall–Kier alpha value is -3.74. The van der Waals surface area contributed by atoms with Gasteiger partial charge in [-0.05, 0) is 41.1 Å². The van der Waals surface area contributed by atoms with Crippen molar-refractivity contribution < 1.29 is 18.9 Å². The number of hydrogen-bond acceptors (Lipinski definition) is 7. The maximum absolute atomic E-state index is 6.32. The molecule has 1 saturated heterocycles. The Balaban J connectivity index is 1.36. The Labute approximate surface area is 186 Å². The summed E-state index contributed by atoms with van der Waals surface area (Å²) in [6, 6.07) is 16.0. The Kier molecular flexibility index (Phi) is 5.31. The van der Waals surface area contributed by atoms with Crippen molar-refractivity contribution >= 4 is 27.5 Å². The number of ether oxygens (including phenoxy) is 4. The van der Waals surface area contributed by atoms with Gasteiger partial charge in [0.25, 0.3) is 0 Å². The van der Waals surface area contributed by atoms with Crippen LogP contribution in [0.2, 0.25) is 0 Å². The van der Waals surface area contributed by atoms with Gasteiger partial charge in [0.1, 0.15) is 29.7 Å². The van der Waals surface area contributed by atoms with E-state index in [1.165, 1.54) is 0 Å². The summed E-state index contributed by atoms with van der Waals surface area (Å²) in [5, 5.41) is 3.19. The smallest absolute Gasteiger partial charge is 0.162 e. The van der Waals surface area contributed by atoms with Gasteiger partial charge in [0.2, 0.25) is 0 Å². The molecule has 164 valence electrons. The van der Waals surface area contributed by atoms with E-state index in [2.05, 4.69) is 33.1 Å². The van der Waals surface area contributed by atoms with Crippen LogP contribution in [0.1, 0.15) is 6.42 Å². The first-order valence-electron chi connectivity index (χ1n) is 10.5. The monoisotopic (exact) mass is 431 g/mol. The average molecular weight is 431 g/mol. The third-order valence-corrected chi connectivity index (χ3v) is 5.89. The molecule has 0 amide bonds. The second-order valence-corrected chi connectivity index (χ2v) is 7.77. The molecule has 1 fully saturated rings. The SMILES string of the molecule is COc1ccc2cc(O[C@@H]3CCN(c4ncnc5cc(OC)c(OC)cc45)C3)ccc2c1. The fraction of sp³-hybridized carbons (Fsp3) is 0.280. The summed E-state index contributed by atoms with van der Waals surface area (Å²) >= 11 is 0. The van der Waals surface area contributed by atoms with Crippen LogP contribution < -0.4 is 23.8 Å². The van der Waals surface area contributed by atoms with Gasteiger partial charge in [0.05, 0.1) is 33.4 Å². The fourth-order valence-electron chi connectivity index (χ4n) is 4.23. The number of benzene rings is 3. The third-order valence-electron chi connectivity index (χ3n) is 5.89. The largest absolute Gasteiger partial charge is 0.497 e. The van der Waals surface area contributed by atoms with Crippen molar-refractivity contribution in [3.8, 4) is 23.0 Å². The van der Waals surface area contributed by atoms with Crippen LogP contribution in [0.15, 0.2) is 54.9 Å². The summed E-state index contributed by atoms with van der Waals surface area (Å²) in [5.74, 6) is 3.92. The van der Waals surface area contributed by atoms with Crippen LogP contribution in [0.5, 0.6) is 23.0 Å². The first-order valence-corrected chi connectivity index (χ1v) is 10.5. The Morgan fingerprint density at radius 1 is 0.812 bits per heavy atom. The molecule has 1 aliphatic heterocycles. The van der Waals surface area contributed by atoms with Crippen LogP contribution in [0.4, 0.5) is 5.82 Å². The molecule has 0 bridgehead atoms. The molecule has 1 aliphatic rings. The lowest BCUT2D eigenvalue weighted by Gasteiger charge is -2.20. The number of nitrogens with zero attached hydrogens (tertiary/aromatic N) is 3. The van der Waals surface area contributed by atoms with Gasteiger partial charge in [-0.15, -0.1) is 0 Å². The Bertz CT molecular complexity index is 1280. The Morgan fingerprint density at radius 3 is 2.28 bits per heavy atom. The van der Waals surface area contributed by atoms with Crippen molar-refractivity contribution in [2.24, 2.45) is 0 Å². The number of hydrogen-bond donors (Lipinski definition) is 0. The van der Waals surface area contributed by atoms with Crippen LogP contribution in [-0.2, 0) is 0 Å². The van der Waals surface area contributed by atoms with Crippen molar-refractivity contribution in [1.29, 1.82) is 0 Å². The molecule has 4 aromatic rings. The van der Waals surface area contributed by atoms with E-state index in [0.717, 1.165) is 58.5 Å². The maximum atomic E-state index is 6.32. The molecule has 0 spiro atoms. The number of methoxy groups -OCH3 is 3. The quantitative estimate of drug-likeness (QED) is 0.446. The lowest BCUT2D eigenvalue weighted by Crippen LogP contribution is -2.25. The van der Waals surface area contributed by atoms with Crippen molar-refractivity contribution in [2.75, 3.05) is 39.3 Å². The second kappa shape index (κ2) is 8.42. The van der Waals surface area contributed by atoms with E-state index in [1.807, 2.05) is 30.3 Å². The summed E-state index contributed by atoms with van der Waals surface area (Å²) < 4.78 is 22.5. The first kappa shape index (κ1) is 20.2. The standard InChI is InChI=1S/C25H25N3O4/c1-29-18-6-4-17-11-19(7-5-16(17)10-18)32-20-8-9-28(14-20)25-21-12-23(30-2)24(31-3)13-22(21)26-15-27-25/h4-7,10-13,15,20H,8-9,14H2,1-3H3/t20-/m1/s1. The molecule has 1 aromatic heterocycles. The Morgan fingerprint density at radius 2 is 1.53 bits per heavy atom. The predicted octanol–water partition coefficient (Wildman–Crippen LogP) is 4.47. The molecular formula is C25H25N3O4. The van der Waals surface area contributed by atoms with E-state index < -0.39 is 0 Å². The van der Waals surface area contributed by atoms with Gasteiger partial charge in [-0.25, -0.2) is 9.97 Å². The normalized spacial score (nSPS) is 15.8. The number of anilines is 1. The number of aromatic nitrogens is 2. The zero-order valence-electron chi connectivity index (χ0n) is 18.4. The molecule has 0 N–H and O–H groups in total. The van der Waals surface area contributed by atoms with Gasteiger partial charge in [-0.2, -0.15) is 0 Å². The zero-order valence-corrected chi connectivity index (χ0v) is 18.4. The molecule has 7 nitrogen and oxygen atoms in total. The molecule has 2 heterocycles. The van der Waals surface area contributed by atoms with E-state index in [9.17, 15) is 0 Å². The number of fused-ring (bicyclic) bond motifs is 2. The zero-order chi connectivity index (χ0) is 22.1. The van der Waals surface area contributed by atoms with Crippen LogP contribution in [-0.4, -0.2) is 50.5 Å². The molecule has 5 rings (SSSR count). The lowest BCUT2D eigenvalue weighted by atomic mass is 10.1. The van der Waals surface area contributed by atoms with Crippen LogP contribution >= 0.6 is 0 Å². The third kappa shape index (κ3) is 3.70. The summed E-state index contributed by atoms with van der Waals surface area (Å²) in [7, 11) is 4.93. The summed E-state index contributed by atoms with van der Waals surface area (Å²) in [6.45, 7) is 1.61. The van der Waals surface area contributed by atoms with Crippen LogP contribution in [0, 0.1) is 0 Å². The average Bonchev–Trinajstić information content (AvgIpc) is 3.30. The highest BCUT2D eigenvalue weighted by molar-refractivity contribution is 5.92. The van der Waals surface area contributed by atoms with E-state index >= 15 is 0 Å². The highest BCUT2D eigenvalue weighted by Crippen LogP contribution is 2.36. The summed E-state index contributed by atoms with van der Waals surface area (Å²) in [4.78, 5) is 11.2. The summed E-state index contributed by atoms with van der Waals surface area (Å²) in [5.41, 5.74) is 0.821. The van der Waals surface area contributed by atoms with Crippen molar-refractivity contribution in [3.63, 3.8) is 0 Å². The molecule has 0 radical (unpaired) electrons. The first-order chi connectivity index (χ1) is 15.7. The molecule has 3 aromatic carbocycles. The fourth-order valence-corrected chi connectivity index (χ4v) is 4.23. The van der Waals surface area contributed by atoms with Gasteiger partial charge < -0.3 is 23.8 Å². The minimum Gasteiger partial charge on any atom is -0.497 e. The second-order valence-electron chi connectivity index (χ2n) is 7.77. The molecule has 0 aliphatic carbocycles. The minimum absolute atomic E-state index is 0.0795. The molecule has 7 heteroatoms. The molecule has 1 atom stereocenters. The van der Waals surface area contributed by atoms with Crippen LogP contribution in [0.25, 0.3) is 21.7 Å². The minimum atomic E-state index is 0.0795. The summed E-state index contributed by atoms with van der Waals surface area (Å²) in [6.07, 6.45) is 2.59. The van der Waals surface area contributed by atoms with E-state index in [1.54, 1.807) is 27.7 Å². The molecule has 0 unspecified atom stereocenters. The van der Waals surface area contributed by atoms with E-state index in [0.29, 0.717) is 11.5 Å². The molecular weight excluding hydrogens is 406 g/mol. The highest BCUT2D eigenvalue weighted by atomic mass is 16.5. The van der Waals surface area contributed by atoms with Gasteiger partial charge in [0.15, 0.2) is 11.5 Å². The van der Waals surface area contributed by atoms with Gasteiger partial charge >= 0.3 is 0 Å². The molecule has 0 saturated carbocycles. The van der Waals surface area contributed by atoms with E-state index in [-0.39, 0.29) is 6.10 Å². The van der Waals surface area contributed by atoms with Crippen molar-refractivity contribution in [2.45, 2.75) is 12.5 Å². The number of rotatable bonds is 6. The topological polar surface area (TPSA) is 65.9 Å². The van der Waals surface area contributed by atoms with Gasteiger partial charge in [-0.1, -0.05) is 12.1 Å². The van der Waals surface area contributed by atoms with Crippen molar-refractivity contribution in [3.05, 3.63) is 54.9 Å².